The summed E-state index contributed by atoms with van der Waals surface area (Å²) >= 11 is 3.25. The van der Waals surface area contributed by atoms with Crippen molar-refractivity contribution in [3.63, 3.8) is 0 Å². The number of nitrogen functional groups attached to an aromatic ring is 1. The zero-order chi connectivity index (χ0) is 14.8. The first-order valence-electron chi connectivity index (χ1n) is 5.79. The molecule has 0 amide bonds. The van der Waals surface area contributed by atoms with Gasteiger partial charge in [0.2, 0.25) is 10.0 Å². The zero-order valence-corrected chi connectivity index (χ0v) is 13.8. The third-order valence-electron chi connectivity index (χ3n) is 2.60. The number of sulfonamides is 1. The number of hydrogen-bond acceptors (Lipinski definition) is 3. The molecule has 1 aromatic rings. The van der Waals surface area contributed by atoms with Gasteiger partial charge in [-0.15, -0.1) is 6.58 Å². The van der Waals surface area contributed by atoms with E-state index >= 15 is 0 Å². The third kappa shape index (κ3) is 3.58. The molecule has 2 N–H and O–H groups in total. The molecule has 6 heteroatoms. The standard InChI is InChI=1S/C13H19BrN2O2S/c1-5-8-16(13(2,3)4)19(17,18)10-6-7-12(15)11(14)9-10/h5-7,9H,1,8,15H2,2-4H3. The lowest BCUT2D eigenvalue weighted by Gasteiger charge is -2.33. The lowest BCUT2D eigenvalue weighted by atomic mass is 10.1. The number of hydrogen-bond donors (Lipinski definition) is 1. The van der Waals surface area contributed by atoms with Gasteiger partial charge in [0.15, 0.2) is 0 Å². The maximum Gasteiger partial charge on any atom is 0.243 e. The number of nitrogens with two attached hydrogens (primary N) is 1. The predicted molar refractivity (Wildman–Crippen MR) is 82.4 cm³/mol. The first-order chi connectivity index (χ1) is 8.60. The Morgan fingerprint density at radius 1 is 1.42 bits per heavy atom. The SMILES string of the molecule is C=CCN(C(C)(C)C)S(=O)(=O)c1ccc(N)c(Br)c1. The van der Waals surface area contributed by atoms with Gasteiger partial charge in [0.25, 0.3) is 0 Å². The van der Waals surface area contributed by atoms with Crippen molar-refractivity contribution in [2.45, 2.75) is 31.2 Å². The van der Waals surface area contributed by atoms with Gasteiger partial charge in [-0.3, -0.25) is 0 Å². The Labute approximate surface area is 123 Å². The van der Waals surface area contributed by atoms with E-state index in [4.69, 9.17) is 5.73 Å². The molecule has 0 aliphatic carbocycles. The average molecular weight is 347 g/mol. The Morgan fingerprint density at radius 2 is 2.00 bits per heavy atom. The van der Waals surface area contributed by atoms with Crippen LogP contribution in [0.25, 0.3) is 0 Å². The van der Waals surface area contributed by atoms with Crippen molar-refractivity contribution in [1.82, 2.24) is 4.31 Å². The highest BCUT2D eigenvalue weighted by Crippen LogP contribution is 2.28. The molecule has 0 heterocycles. The molecule has 0 fully saturated rings. The van der Waals surface area contributed by atoms with Gasteiger partial charge < -0.3 is 5.73 Å². The van der Waals surface area contributed by atoms with Gasteiger partial charge in [0.1, 0.15) is 0 Å². The Hall–Kier alpha value is -0.850. The lowest BCUT2D eigenvalue weighted by molar-refractivity contribution is 0.270. The lowest BCUT2D eigenvalue weighted by Crippen LogP contribution is -2.45. The summed E-state index contributed by atoms with van der Waals surface area (Å²) in [5.41, 5.74) is 5.66. The van der Waals surface area contributed by atoms with Crippen LogP contribution in [0.1, 0.15) is 20.8 Å². The summed E-state index contributed by atoms with van der Waals surface area (Å²) in [7, 11) is -3.58. The Kier molecular flexibility index (Phi) is 4.81. The monoisotopic (exact) mass is 346 g/mol. The maximum atomic E-state index is 12.6. The number of benzene rings is 1. The van der Waals surface area contributed by atoms with Crippen LogP contribution in [0.2, 0.25) is 0 Å². The van der Waals surface area contributed by atoms with Gasteiger partial charge in [-0.25, -0.2) is 8.42 Å². The smallest absolute Gasteiger partial charge is 0.243 e. The molecule has 0 aliphatic heterocycles. The summed E-state index contributed by atoms with van der Waals surface area (Å²) in [6.07, 6.45) is 1.58. The molecular formula is C13H19BrN2O2S. The van der Waals surface area contributed by atoms with Crippen LogP contribution in [0.5, 0.6) is 0 Å². The largest absolute Gasteiger partial charge is 0.398 e. The Bertz CT molecular complexity index is 577. The molecule has 0 unspecified atom stereocenters. The highest BCUT2D eigenvalue weighted by Gasteiger charge is 2.33. The molecule has 0 atom stereocenters. The molecule has 0 aromatic heterocycles. The van der Waals surface area contributed by atoms with Crippen molar-refractivity contribution in [1.29, 1.82) is 0 Å². The second-order valence-corrected chi connectivity index (χ2v) is 7.90. The Morgan fingerprint density at radius 3 is 2.42 bits per heavy atom. The van der Waals surface area contributed by atoms with E-state index in [1.54, 1.807) is 12.1 Å². The molecule has 19 heavy (non-hydrogen) atoms. The van der Waals surface area contributed by atoms with Crippen LogP contribution in [0.15, 0.2) is 40.2 Å². The summed E-state index contributed by atoms with van der Waals surface area (Å²) in [5, 5.41) is 0. The van der Waals surface area contributed by atoms with Gasteiger partial charge in [-0.05, 0) is 54.9 Å². The summed E-state index contributed by atoms with van der Waals surface area (Å²) in [6, 6.07) is 4.61. The molecule has 0 spiro atoms. The van der Waals surface area contributed by atoms with Crippen LogP contribution in [0.3, 0.4) is 0 Å². The van der Waals surface area contributed by atoms with E-state index in [1.165, 1.54) is 16.4 Å². The number of anilines is 1. The van der Waals surface area contributed by atoms with Gasteiger partial charge in [0.05, 0.1) is 4.90 Å². The average Bonchev–Trinajstić information content (AvgIpc) is 2.27. The number of rotatable bonds is 4. The van der Waals surface area contributed by atoms with Crippen molar-refractivity contribution >= 4 is 31.6 Å². The first-order valence-corrected chi connectivity index (χ1v) is 8.03. The van der Waals surface area contributed by atoms with Crippen LogP contribution in [-0.2, 0) is 10.0 Å². The van der Waals surface area contributed by atoms with Crippen molar-refractivity contribution in [3.05, 3.63) is 35.3 Å². The van der Waals surface area contributed by atoms with E-state index in [2.05, 4.69) is 22.5 Å². The third-order valence-corrected chi connectivity index (χ3v) is 5.42. The van der Waals surface area contributed by atoms with E-state index in [0.717, 1.165) is 0 Å². The van der Waals surface area contributed by atoms with Crippen LogP contribution in [0, 0.1) is 0 Å². The van der Waals surface area contributed by atoms with Gasteiger partial charge in [-0.2, -0.15) is 4.31 Å². The second kappa shape index (κ2) is 5.64. The fourth-order valence-corrected chi connectivity index (χ4v) is 3.96. The number of nitrogens with zero attached hydrogens (tertiary/aromatic N) is 1. The number of halogens is 1. The highest BCUT2D eigenvalue weighted by molar-refractivity contribution is 9.10. The molecule has 0 saturated carbocycles. The molecule has 1 rings (SSSR count). The van der Waals surface area contributed by atoms with Gasteiger partial charge >= 0.3 is 0 Å². The minimum atomic E-state index is -3.58. The van der Waals surface area contributed by atoms with E-state index in [1.807, 2.05) is 20.8 Å². The van der Waals surface area contributed by atoms with Gasteiger partial charge in [-0.1, -0.05) is 6.08 Å². The first kappa shape index (κ1) is 16.2. The predicted octanol–water partition coefficient (Wildman–Crippen LogP) is 3.01. The molecular weight excluding hydrogens is 328 g/mol. The summed E-state index contributed by atoms with van der Waals surface area (Å²) in [5.74, 6) is 0. The normalized spacial score (nSPS) is 12.7. The van der Waals surface area contributed by atoms with Crippen molar-refractivity contribution in [2.24, 2.45) is 0 Å². The van der Waals surface area contributed by atoms with Crippen molar-refractivity contribution in [3.8, 4) is 0 Å². The van der Waals surface area contributed by atoms with E-state index in [9.17, 15) is 8.42 Å². The molecule has 0 bridgehead atoms. The quantitative estimate of drug-likeness (QED) is 0.673. The summed E-state index contributed by atoms with van der Waals surface area (Å²) in [6.45, 7) is 9.42. The fourth-order valence-electron chi connectivity index (χ4n) is 1.65. The molecule has 0 saturated heterocycles. The van der Waals surface area contributed by atoms with Crippen LogP contribution in [-0.4, -0.2) is 24.8 Å². The van der Waals surface area contributed by atoms with E-state index in [0.29, 0.717) is 10.2 Å². The molecule has 1 aromatic carbocycles. The Balaban J connectivity index is 3.34. The van der Waals surface area contributed by atoms with Crippen LogP contribution in [0.4, 0.5) is 5.69 Å². The summed E-state index contributed by atoms with van der Waals surface area (Å²) in [4.78, 5) is 0.213. The van der Waals surface area contributed by atoms with Crippen molar-refractivity contribution < 1.29 is 8.42 Å². The molecule has 0 aliphatic rings. The highest BCUT2D eigenvalue weighted by atomic mass is 79.9. The minimum Gasteiger partial charge on any atom is -0.398 e. The molecule has 106 valence electrons. The molecule has 0 radical (unpaired) electrons. The van der Waals surface area contributed by atoms with Crippen molar-refractivity contribution in [2.75, 3.05) is 12.3 Å². The molecule has 4 nitrogen and oxygen atoms in total. The van der Waals surface area contributed by atoms with Crippen LogP contribution >= 0.6 is 15.9 Å². The van der Waals surface area contributed by atoms with Crippen LogP contribution < -0.4 is 5.73 Å². The van der Waals surface area contributed by atoms with E-state index < -0.39 is 15.6 Å². The second-order valence-electron chi connectivity index (χ2n) is 5.18. The fraction of sp³-hybridized carbons (Fsp3) is 0.385. The zero-order valence-electron chi connectivity index (χ0n) is 11.4. The van der Waals surface area contributed by atoms with E-state index in [-0.39, 0.29) is 11.4 Å². The minimum absolute atomic E-state index is 0.213. The topological polar surface area (TPSA) is 63.4 Å². The summed E-state index contributed by atoms with van der Waals surface area (Å²) < 4.78 is 27.3. The maximum absolute atomic E-state index is 12.6. The van der Waals surface area contributed by atoms with Gasteiger partial charge in [0, 0.05) is 22.2 Å².